The highest BCUT2D eigenvalue weighted by molar-refractivity contribution is 5.86. The molecule has 166 valence electrons. The molecule has 3 aromatic rings. The van der Waals surface area contributed by atoms with Crippen molar-refractivity contribution < 1.29 is 28.9 Å². The molecule has 0 saturated carbocycles. The molecule has 0 saturated heterocycles. The number of benzene rings is 1. The molecule has 0 unspecified atom stereocenters. The Hall–Kier alpha value is -3.11. The summed E-state index contributed by atoms with van der Waals surface area (Å²) in [5.74, 6) is 1.67. The molecule has 2 aromatic heterocycles. The number of aliphatic hydroxyl groups excluding tert-OH is 1. The van der Waals surface area contributed by atoms with E-state index >= 15 is 0 Å². The van der Waals surface area contributed by atoms with Crippen LogP contribution in [-0.4, -0.2) is 37.9 Å². The normalized spacial score (nSPS) is 9.03. The van der Waals surface area contributed by atoms with Crippen molar-refractivity contribution >= 4 is 17.7 Å². The van der Waals surface area contributed by atoms with E-state index in [1.165, 1.54) is 14.2 Å². The Labute approximate surface area is 176 Å². The third-order valence-corrected chi connectivity index (χ3v) is 3.59. The third-order valence-electron chi connectivity index (χ3n) is 3.59. The Morgan fingerprint density at radius 3 is 1.87 bits per heavy atom. The lowest BCUT2D eigenvalue weighted by Crippen LogP contribution is -2.05. The standard InChI is InChI=1S/C18H18N2O3.CH5N.CH4O2.CH4O/c1-13-8-14(12-21)18(20-11-16-5-3-7-23-16)9-17(13)19-10-15-4-2-6-22-15;1-2;1-3-2;1-2/h2-9,12,19-20H,10-11H2,1H3;2H2,1H3;2H,1H3;2H,1H3. The summed E-state index contributed by atoms with van der Waals surface area (Å²) in [5.41, 5.74) is 7.85. The predicted octanol–water partition coefficient (Wildman–Crippen LogP) is 3.51. The summed E-state index contributed by atoms with van der Waals surface area (Å²) in [6.45, 7) is 3.08. The maximum absolute atomic E-state index is 11.3. The van der Waals surface area contributed by atoms with E-state index in [2.05, 4.69) is 21.3 Å². The summed E-state index contributed by atoms with van der Waals surface area (Å²) in [4.78, 5) is 14.5. The minimum Gasteiger partial charge on any atom is -0.467 e. The number of nitrogens with one attached hydrogen (secondary N) is 2. The van der Waals surface area contributed by atoms with Gasteiger partial charge < -0.3 is 30.3 Å². The van der Waals surface area contributed by atoms with E-state index in [4.69, 9.17) is 19.2 Å². The van der Waals surface area contributed by atoms with Crippen LogP contribution in [0.3, 0.4) is 0 Å². The molecule has 0 aliphatic rings. The summed E-state index contributed by atoms with van der Waals surface area (Å²) in [7, 11) is 3.68. The van der Waals surface area contributed by atoms with Gasteiger partial charge in [-0.05, 0) is 55.9 Å². The van der Waals surface area contributed by atoms with Gasteiger partial charge in [0.2, 0.25) is 0 Å². The summed E-state index contributed by atoms with van der Waals surface area (Å²) < 4.78 is 10.6. The highest BCUT2D eigenvalue weighted by atomic mass is 17.1. The van der Waals surface area contributed by atoms with Gasteiger partial charge in [0.25, 0.3) is 0 Å². The highest BCUT2D eigenvalue weighted by Gasteiger charge is 2.08. The molecule has 3 rings (SSSR count). The fourth-order valence-electron chi connectivity index (χ4n) is 2.36. The summed E-state index contributed by atoms with van der Waals surface area (Å²) in [6, 6.07) is 11.3. The van der Waals surface area contributed by atoms with Gasteiger partial charge in [0.05, 0.1) is 32.7 Å². The number of carbonyl (C=O) groups is 1. The zero-order valence-electron chi connectivity index (χ0n) is 17.7. The molecule has 6 N–H and O–H groups in total. The molecule has 0 radical (unpaired) electrons. The average molecular weight is 421 g/mol. The first kappa shape index (κ1) is 26.9. The second-order valence-electron chi connectivity index (χ2n) is 5.42. The van der Waals surface area contributed by atoms with Crippen molar-refractivity contribution in [3.05, 3.63) is 71.6 Å². The van der Waals surface area contributed by atoms with E-state index in [9.17, 15) is 4.79 Å². The SMILES string of the molecule is CN.CO.COO.Cc1cc(C=O)c(NCc2ccco2)cc1NCc1ccco1. The van der Waals surface area contributed by atoms with E-state index < -0.39 is 0 Å². The van der Waals surface area contributed by atoms with Crippen molar-refractivity contribution in [3.63, 3.8) is 0 Å². The van der Waals surface area contributed by atoms with Crippen molar-refractivity contribution in [2.75, 3.05) is 31.9 Å². The number of furan rings is 2. The number of aryl methyl sites for hydroxylation is 1. The molecular weight excluding hydrogens is 390 g/mol. The van der Waals surface area contributed by atoms with Crippen molar-refractivity contribution in [3.8, 4) is 0 Å². The van der Waals surface area contributed by atoms with Gasteiger partial charge in [-0.1, -0.05) is 0 Å². The lowest BCUT2D eigenvalue weighted by Gasteiger charge is -2.14. The highest BCUT2D eigenvalue weighted by Crippen LogP contribution is 2.25. The summed E-state index contributed by atoms with van der Waals surface area (Å²) >= 11 is 0. The van der Waals surface area contributed by atoms with Crippen LogP contribution in [0, 0.1) is 6.92 Å². The van der Waals surface area contributed by atoms with Crippen LogP contribution in [0.5, 0.6) is 0 Å². The predicted molar refractivity (Wildman–Crippen MR) is 117 cm³/mol. The maximum Gasteiger partial charge on any atom is 0.152 e. The first-order valence-electron chi connectivity index (χ1n) is 9.00. The molecule has 0 aliphatic carbocycles. The summed E-state index contributed by atoms with van der Waals surface area (Å²) in [5, 5.41) is 20.6. The van der Waals surface area contributed by atoms with Crippen LogP contribution < -0.4 is 16.4 Å². The number of hydrogen-bond acceptors (Lipinski definition) is 9. The van der Waals surface area contributed by atoms with Gasteiger partial charge in [0, 0.05) is 24.0 Å². The van der Waals surface area contributed by atoms with E-state index in [1.54, 1.807) is 12.5 Å². The molecule has 0 spiro atoms. The first-order valence-corrected chi connectivity index (χ1v) is 9.00. The Kier molecular flexibility index (Phi) is 15.1. The number of anilines is 2. The van der Waals surface area contributed by atoms with Crippen LogP contribution in [0.25, 0.3) is 0 Å². The Morgan fingerprint density at radius 2 is 1.47 bits per heavy atom. The number of rotatable bonds is 7. The van der Waals surface area contributed by atoms with Crippen LogP contribution in [0.2, 0.25) is 0 Å². The van der Waals surface area contributed by atoms with Gasteiger partial charge in [-0.15, -0.1) is 0 Å². The van der Waals surface area contributed by atoms with Crippen LogP contribution in [0.1, 0.15) is 27.4 Å². The fourth-order valence-corrected chi connectivity index (χ4v) is 2.36. The van der Waals surface area contributed by atoms with Crippen LogP contribution in [-0.2, 0) is 18.0 Å². The average Bonchev–Trinajstić information content (AvgIpc) is 3.49. The van der Waals surface area contributed by atoms with Gasteiger partial charge in [-0.25, -0.2) is 4.89 Å². The topological polar surface area (TPSA) is 143 Å². The van der Waals surface area contributed by atoms with Gasteiger partial charge in [0.1, 0.15) is 11.5 Å². The molecule has 1 aromatic carbocycles. The van der Waals surface area contributed by atoms with E-state index in [1.807, 2.05) is 43.3 Å². The third kappa shape index (κ3) is 9.39. The number of aliphatic hydroxyl groups is 1. The zero-order chi connectivity index (χ0) is 22.8. The molecule has 0 fully saturated rings. The quantitative estimate of drug-likeness (QED) is 0.220. The number of carbonyl (C=O) groups excluding carboxylic acids is 1. The minimum atomic E-state index is 0.522. The van der Waals surface area contributed by atoms with Gasteiger partial charge in [-0.2, -0.15) is 0 Å². The molecule has 2 heterocycles. The maximum atomic E-state index is 11.3. The van der Waals surface area contributed by atoms with Crippen molar-refractivity contribution in [2.45, 2.75) is 20.0 Å². The molecule has 9 nitrogen and oxygen atoms in total. The van der Waals surface area contributed by atoms with Gasteiger partial charge in [-0.3, -0.25) is 10.1 Å². The Bertz CT molecular complexity index is 789. The fraction of sp³-hybridized carbons (Fsp3) is 0.286. The lowest BCUT2D eigenvalue weighted by atomic mass is 10.1. The van der Waals surface area contributed by atoms with Gasteiger partial charge >= 0.3 is 0 Å². The van der Waals surface area contributed by atoms with Crippen molar-refractivity contribution in [1.82, 2.24) is 0 Å². The Balaban J connectivity index is 0.00000108. The van der Waals surface area contributed by atoms with Crippen molar-refractivity contribution in [2.24, 2.45) is 5.73 Å². The minimum absolute atomic E-state index is 0.522. The summed E-state index contributed by atoms with van der Waals surface area (Å²) in [6.07, 6.45) is 4.13. The smallest absolute Gasteiger partial charge is 0.152 e. The van der Waals surface area contributed by atoms with Crippen LogP contribution >= 0.6 is 0 Å². The molecular formula is C21H31N3O6. The zero-order valence-corrected chi connectivity index (χ0v) is 17.7. The monoisotopic (exact) mass is 421 g/mol. The largest absolute Gasteiger partial charge is 0.467 e. The number of hydrogen-bond donors (Lipinski definition) is 5. The van der Waals surface area contributed by atoms with E-state index in [0.29, 0.717) is 18.7 Å². The van der Waals surface area contributed by atoms with Crippen LogP contribution in [0.4, 0.5) is 11.4 Å². The van der Waals surface area contributed by atoms with Crippen molar-refractivity contribution in [1.29, 1.82) is 0 Å². The molecule has 0 aliphatic heterocycles. The van der Waals surface area contributed by atoms with E-state index in [-0.39, 0.29) is 0 Å². The molecule has 0 atom stereocenters. The second kappa shape index (κ2) is 16.8. The lowest BCUT2D eigenvalue weighted by molar-refractivity contribution is -0.214. The van der Waals surface area contributed by atoms with Gasteiger partial charge in [0.15, 0.2) is 6.29 Å². The number of aldehydes is 1. The van der Waals surface area contributed by atoms with Crippen LogP contribution in [0.15, 0.2) is 57.8 Å². The molecule has 9 heteroatoms. The number of nitrogens with two attached hydrogens (primary N) is 1. The second-order valence-corrected chi connectivity index (χ2v) is 5.42. The molecule has 0 bridgehead atoms. The Morgan fingerprint density at radius 1 is 1.00 bits per heavy atom. The van der Waals surface area contributed by atoms with E-state index in [0.717, 1.165) is 41.9 Å². The molecule has 0 amide bonds. The molecule has 30 heavy (non-hydrogen) atoms. The first-order chi connectivity index (χ1) is 14.7.